The summed E-state index contributed by atoms with van der Waals surface area (Å²) in [5.74, 6) is 5.40. The van der Waals surface area contributed by atoms with Crippen LogP contribution in [0.3, 0.4) is 0 Å². The summed E-state index contributed by atoms with van der Waals surface area (Å²) in [4.78, 5) is 79.5. The van der Waals surface area contributed by atoms with Crippen LogP contribution in [0.5, 0.6) is 0 Å². The topological polar surface area (TPSA) is 219 Å². The van der Waals surface area contributed by atoms with Crippen LogP contribution in [-0.2, 0) is 0 Å². The van der Waals surface area contributed by atoms with Crippen LogP contribution in [0.1, 0.15) is 0 Å². The molecule has 0 spiro atoms. The molecule has 0 amide bonds. The first kappa shape index (κ1) is 78.3. The third kappa shape index (κ3) is 18.6. The number of hydrogen-bond donors (Lipinski definition) is 0. The summed E-state index contributed by atoms with van der Waals surface area (Å²) in [6, 6.07) is 122. The summed E-state index contributed by atoms with van der Waals surface area (Å²) in [6.45, 7) is 0. The molecule has 21 rings (SSSR count). The van der Waals surface area contributed by atoms with E-state index in [1.807, 2.05) is 261 Å². The molecule has 17 heteroatoms. The maximum Gasteiger partial charge on any atom is 0.164 e. The normalized spacial score (nSPS) is 10.9. The number of benzene rings is 10. The molecule has 0 atom stereocenters. The molecule has 10 aromatic carbocycles. The smallest absolute Gasteiger partial charge is 0.164 e. The Morgan fingerprint density at radius 1 is 0.111 bits per heavy atom. The standard InChI is InChI=1S/C37H25N5.2C36H24N6/c1-2-9-26(10-3-1)27-11-4-14-30(21-27)35-40-36(31-15-5-12-28(22-31)33-17-7-19-38-24-33)42-37(41-35)32-16-6-13-29(23-32)34-18-8-20-39-25-34;1-4-19-37-31(16-1)25-10-7-13-28(22-25)34-40-35(29-14-8-11-26(23-29)32-17-2-5-20-38-32)42-36(41-34)30-15-9-12-27(24-30)33-18-3-6-21-39-33;1-4-28(25-10-16-37-17-11-25)22-31(7-1)34-40-35(32-8-2-5-29(23-32)26-12-18-38-19-13-26)42-36(41-34)33-9-3-6-30(24-33)27-14-20-39-21-15-27/h1-25H;2*1-24H. The van der Waals surface area contributed by atoms with Gasteiger partial charge in [-0.2, -0.15) is 0 Å². The molecule has 0 N–H and O–H groups in total. The lowest BCUT2D eigenvalue weighted by Crippen LogP contribution is -2.01. The van der Waals surface area contributed by atoms with Crippen molar-refractivity contribution in [3.8, 4) is 203 Å². The Bertz CT molecular complexity index is 5890. The van der Waals surface area contributed by atoms with Gasteiger partial charge in [0.1, 0.15) is 0 Å². The fraction of sp³-hybridized carbons (Fsp3) is 0. The predicted octanol–water partition coefficient (Wildman–Crippen LogP) is 24.8. The van der Waals surface area contributed by atoms with Crippen molar-refractivity contribution in [1.82, 2.24) is 84.7 Å². The van der Waals surface area contributed by atoms with Gasteiger partial charge in [0, 0.05) is 158 Å². The van der Waals surface area contributed by atoms with E-state index < -0.39 is 0 Å². The van der Waals surface area contributed by atoms with Crippen molar-refractivity contribution in [3.63, 3.8) is 0 Å². The molecule has 21 aromatic rings. The van der Waals surface area contributed by atoms with Gasteiger partial charge in [0.15, 0.2) is 52.4 Å². The van der Waals surface area contributed by atoms with Gasteiger partial charge in [0.05, 0.1) is 17.1 Å². The molecule has 0 fully saturated rings. The fourth-order valence-corrected chi connectivity index (χ4v) is 14.7. The molecule has 0 bridgehead atoms. The number of nitrogens with zero attached hydrogens (tertiary/aromatic N) is 17. The highest BCUT2D eigenvalue weighted by molar-refractivity contribution is 5.81. The van der Waals surface area contributed by atoms with Gasteiger partial charge in [0.2, 0.25) is 0 Å². The lowest BCUT2D eigenvalue weighted by molar-refractivity contribution is 1.07. The molecule has 0 aliphatic carbocycles. The van der Waals surface area contributed by atoms with Crippen molar-refractivity contribution < 1.29 is 0 Å². The fourth-order valence-electron chi connectivity index (χ4n) is 14.7. The van der Waals surface area contributed by atoms with Crippen LogP contribution >= 0.6 is 0 Å². The zero-order valence-corrected chi connectivity index (χ0v) is 67.7. The molecular weight excluding hydrogens is 1550 g/mol. The second-order valence-corrected chi connectivity index (χ2v) is 29.3. The van der Waals surface area contributed by atoms with E-state index in [1.54, 1.807) is 68.2 Å². The first-order valence-corrected chi connectivity index (χ1v) is 40.9. The molecule has 0 unspecified atom stereocenters. The number of hydrogen-bond acceptors (Lipinski definition) is 17. The minimum atomic E-state index is 0.583. The van der Waals surface area contributed by atoms with Crippen LogP contribution in [0.2, 0.25) is 0 Å². The highest BCUT2D eigenvalue weighted by atomic mass is 15.1. The zero-order valence-electron chi connectivity index (χ0n) is 67.7. The quantitative estimate of drug-likeness (QED) is 0.0779. The Morgan fingerprint density at radius 3 is 0.524 bits per heavy atom. The van der Waals surface area contributed by atoms with Crippen molar-refractivity contribution in [2.24, 2.45) is 0 Å². The second-order valence-electron chi connectivity index (χ2n) is 29.3. The highest BCUT2D eigenvalue weighted by Gasteiger charge is 2.20. The van der Waals surface area contributed by atoms with E-state index in [-0.39, 0.29) is 0 Å². The minimum absolute atomic E-state index is 0.583. The maximum absolute atomic E-state index is 5.00. The van der Waals surface area contributed by atoms with Crippen molar-refractivity contribution in [1.29, 1.82) is 0 Å². The monoisotopic (exact) mass is 1620 g/mol. The number of aromatic nitrogens is 17. The first-order chi connectivity index (χ1) is 62.4. The van der Waals surface area contributed by atoms with E-state index >= 15 is 0 Å². The van der Waals surface area contributed by atoms with Gasteiger partial charge in [0.25, 0.3) is 0 Å². The lowest BCUT2D eigenvalue weighted by Gasteiger charge is -2.11. The van der Waals surface area contributed by atoms with Crippen LogP contribution in [-0.4, -0.2) is 84.7 Å². The SMILES string of the molecule is c1cc(-c2ccncc2)cc(-c2nc(-c3cccc(-c4ccncc4)c3)nc(-c3cccc(-c4ccncc4)c3)n2)c1.c1ccc(-c2cccc(-c3nc(-c4cccc(-c5ccccn5)c4)nc(-c4cccc(-c5ccccn5)c4)n3)c2)nc1.c1ccc(-c2cccc(-c3nc(-c4cccc(-c5cccnc5)c4)nc(-c4cccc(-c5cccnc5)c4)n3)c2)cc1. The van der Waals surface area contributed by atoms with Crippen LogP contribution in [0.4, 0.5) is 0 Å². The van der Waals surface area contributed by atoms with E-state index in [1.165, 1.54) is 0 Å². The number of rotatable bonds is 18. The molecule has 0 aliphatic heterocycles. The Labute approximate surface area is 727 Å². The summed E-state index contributed by atoms with van der Waals surface area (Å²) in [5.41, 5.74) is 26.6. The second kappa shape index (κ2) is 37.4. The third-order valence-electron chi connectivity index (χ3n) is 21.0. The van der Waals surface area contributed by atoms with Gasteiger partial charge in [-0.15, -0.1) is 0 Å². The largest absolute Gasteiger partial charge is 0.265 e. The van der Waals surface area contributed by atoms with Crippen LogP contribution in [0, 0.1) is 0 Å². The zero-order chi connectivity index (χ0) is 84.4. The highest BCUT2D eigenvalue weighted by Crippen LogP contribution is 2.37. The molecule has 0 radical (unpaired) electrons. The average Bonchev–Trinajstić information content (AvgIpc) is 0.793. The first-order valence-electron chi connectivity index (χ1n) is 40.9. The van der Waals surface area contributed by atoms with E-state index in [0.717, 1.165) is 151 Å². The molecule has 594 valence electrons. The van der Waals surface area contributed by atoms with E-state index in [4.69, 9.17) is 44.9 Å². The van der Waals surface area contributed by atoms with Crippen LogP contribution in [0.25, 0.3) is 203 Å². The summed E-state index contributed by atoms with van der Waals surface area (Å²) in [5, 5.41) is 0. The van der Waals surface area contributed by atoms with E-state index in [2.05, 4.69) is 155 Å². The van der Waals surface area contributed by atoms with Crippen molar-refractivity contribution in [3.05, 3.63) is 445 Å². The van der Waals surface area contributed by atoms with Gasteiger partial charge in [-0.25, -0.2) is 44.9 Å². The van der Waals surface area contributed by atoms with Crippen molar-refractivity contribution in [2.45, 2.75) is 0 Å². The average molecular weight is 1620 g/mol. The van der Waals surface area contributed by atoms with Gasteiger partial charge in [-0.1, -0.05) is 224 Å². The summed E-state index contributed by atoms with van der Waals surface area (Å²) < 4.78 is 0. The Balaban J connectivity index is 0.000000123. The van der Waals surface area contributed by atoms with Gasteiger partial charge in [-0.05, 0) is 195 Å². The molecule has 17 nitrogen and oxygen atoms in total. The van der Waals surface area contributed by atoms with Gasteiger partial charge < -0.3 is 0 Å². The van der Waals surface area contributed by atoms with Gasteiger partial charge in [-0.3, -0.25) is 39.9 Å². The third-order valence-corrected chi connectivity index (χ3v) is 21.0. The predicted molar refractivity (Wildman–Crippen MR) is 500 cm³/mol. The Kier molecular flexibility index (Phi) is 23.2. The molecule has 126 heavy (non-hydrogen) atoms. The van der Waals surface area contributed by atoms with Crippen molar-refractivity contribution in [2.75, 3.05) is 0 Å². The van der Waals surface area contributed by atoms with E-state index in [9.17, 15) is 0 Å². The molecule has 11 aromatic heterocycles. The Morgan fingerprint density at radius 2 is 0.302 bits per heavy atom. The molecule has 0 aliphatic rings. The van der Waals surface area contributed by atoms with Crippen LogP contribution in [0.15, 0.2) is 445 Å². The van der Waals surface area contributed by atoms with Gasteiger partial charge >= 0.3 is 0 Å². The summed E-state index contributed by atoms with van der Waals surface area (Å²) >= 11 is 0. The summed E-state index contributed by atoms with van der Waals surface area (Å²) in [6.07, 6.45) is 23.5. The van der Waals surface area contributed by atoms with Crippen LogP contribution < -0.4 is 0 Å². The summed E-state index contributed by atoms with van der Waals surface area (Å²) in [7, 11) is 0. The Hall–Kier alpha value is -17.6. The molecular formula is C109H73N17. The molecule has 0 saturated heterocycles. The van der Waals surface area contributed by atoms with Crippen molar-refractivity contribution >= 4 is 0 Å². The lowest BCUT2D eigenvalue weighted by atomic mass is 10.0. The van der Waals surface area contributed by atoms with E-state index in [0.29, 0.717) is 52.4 Å². The maximum atomic E-state index is 5.00. The minimum Gasteiger partial charge on any atom is -0.265 e. The molecule has 11 heterocycles. The molecule has 0 saturated carbocycles. The number of pyridine rings is 8.